The highest BCUT2D eigenvalue weighted by atomic mass is 32.2. The average molecular weight is 439 g/mol. The number of nitrogens with zero attached hydrogens (tertiary/aromatic N) is 2. The fraction of sp³-hybridized carbons (Fsp3) is 0.136. The predicted octanol–water partition coefficient (Wildman–Crippen LogP) is 2.86. The quantitative estimate of drug-likeness (QED) is 0.329. The Balaban J connectivity index is 1.74. The molecule has 0 atom stereocenters. The first-order chi connectivity index (χ1) is 14.9. The van der Waals surface area contributed by atoms with Gasteiger partial charge in [-0.15, -0.1) is 0 Å². The van der Waals surface area contributed by atoms with E-state index in [0.29, 0.717) is 5.75 Å². The molecule has 3 aromatic rings. The number of amides is 1. The van der Waals surface area contributed by atoms with E-state index in [9.17, 15) is 13.2 Å². The van der Waals surface area contributed by atoms with Gasteiger partial charge in [0.2, 0.25) is 5.91 Å². The summed E-state index contributed by atoms with van der Waals surface area (Å²) < 4.78 is 35.7. The lowest BCUT2D eigenvalue weighted by Crippen LogP contribution is -2.20. The van der Waals surface area contributed by atoms with Crippen molar-refractivity contribution < 1.29 is 22.1 Å². The lowest BCUT2D eigenvalue weighted by molar-refractivity contribution is -0.120. The second-order valence-corrected chi connectivity index (χ2v) is 8.10. The Labute approximate surface area is 180 Å². The Hall–Kier alpha value is -3.72. The highest BCUT2D eigenvalue weighted by Crippen LogP contribution is 2.21. The van der Waals surface area contributed by atoms with Crippen LogP contribution >= 0.6 is 0 Å². The van der Waals surface area contributed by atoms with E-state index >= 15 is 0 Å². The maximum atomic E-state index is 12.7. The van der Waals surface area contributed by atoms with Crippen molar-refractivity contribution in [3.05, 3.63) is 83.7 Å². The van der Waals surface area contributed by atoms with Crippen LogP contribution in [-0.2, 0) is 21.3 Å². The molecular weight excluding hydrogens is 418 g/mol. The summed E-state index contributed by atoms with van der Waals surface area (Å²) in [5.41, 5.74) is 4.28. The highest BCUT2D eigenvalue weighted by Gasteiger charge is 2.20. The Morgan fingerprint density at radius 1 is 1.13 bits per heavy atom. The van der Waals surface area contributed by atoms with Gasteiger partial charge in [-0.25, -0.2) is 5.43 Å². The number of carbonyl (C=O) groups is 1. The number of rotatable bonds is 8. The minimum Gasteiger partial charge on any atom is -0.497 e. The molecule has 0 aliphatic heterocycles. The summed E-state index contributed by atoms with van der Waals surface area (Å²) in [6.07, 6.45) is 4.18. The molecule has 1 heterocycles. The zero-order valence-corrected chi connectivity index (χ0v) is 17.8. The largest absolute Gasteiger partial charge is 0.497 e. The van der Waals surface area contributed by atoms with Gasteiger partial charge in [-0.05, 0) is 48.9 Å². The summed E-state index contributed by atoms with van der Waals surface area (Å²) in [5.74, 6) is 0.391. The summed E-state index contributed by atoms with van der Waals surface area (Å²) in [5, 5.41) is 3.91. The van der Waals surface area contributed by atoms with Gasteiger partial charge in [0.05, 0.1) is 25.9 Å². The normalized spacial score (nSPS) is 11.3. The van der Waals surface area contributed by atoms with E-state index in [1.54, 1.807) is 49.6 Å². The lowest BCUT2D eigenvalue weighted by atomic mass is 10.1. The van der Waals surface area contributed by atoms with E-state index in [-0.39, 0.29) is 28.5 Å². The molecule has 1 amide bonds. The number of nitrogens with one attached hydrogen (secondary N) is 1. The molecule has 160 valence electrons. The monoisotopic (exact) mass is 439 g/mol. The molecule has 31 heavy (non-hydrogen) atoms. The maximum absolute atomic E-state index is 12.7. The van der Waals surface area contributed by atoms with Gasteiger partial charge in [-0.2, -0.15) is 13.5 Å². The third-order valence-electron chi connectivity index (χ3n) is 4.17. The Morgan fingerprint density at radius 3 is 2.68 bits per heavy atom. The zero-order chi connectivity index (χ0) is 22.3. The van der Waals surface area contributed by atoms with E-state index < -0.39 is 10.1 Å². The highest BCUT2D eigenvalue weighted by molar-refractivity contribution is 7.87. The van der Waals surface area contributed by atoms with Gasteiger partial charge in [0.15, 0.2) is 5.75 Å². The fourth-order valence-electron chi connectivity index (χ4n) is 2.75. The lowest BCUT2D eigenvalue weighted by Gasteiger charge is -2.10. The van der Waals surface area contributed by atoms with Crippen LogP contribution in [0.15, 0.2) is 77.0 Å². The summed E-state index contributed by atoms with van der Waals surface area (Å²) in [6.45, 7) is 1.82. The molecule has 1 N–H and O–H groups in total. The van der Waals surface area contributed by atoms with E-state index in [1.807, 2.05) is 6.92 Å². The fourth-order valence-corrected chi connectivity index (χ4v) is 3.82. The second kappa shape index (κ2) is 9.86. The van der Waals surface area contributed by atoms with Crippen LogP contribution in [0.5, 0.6) is 11.5 Å². The number of aromatic nitrogens is 1. The molecule has 0 fully saturated rings. The molecule has 8 nitrogen and oxygen atoms in total. The third-order valence-corrected chi connectivity index (χ3v) is 5.49. The van der Waals surface area contributed by atoms with Crippen LogP contribution in [0, 0.1) is 6.92 Å². The van der Waals surface area contributed by atoms with Crippen molar-refractivity contribution in [1.82, 2.24) is 10.4 Å². The number of methoxy groups -OCH3 is 1. The summed E-state index contributed by atoms with van der Waals surface area (Å²) in [4.78, 5) is 15.9. The number of benzene rings is 2. The molecule has 2 aromatic carbocycles. The van der Waals surface area contributed by atoms with Crippen molar-refractivity contribution in [2.45, 2.75) is 18.2 Å². The first kappa shape index (κ1) is 22.0. The van der Waals surface area contributed by atoms with Crippen molar-refractivity contribution in [2.24, 2.45) is 5.10 Å². The molecule has 0 aliphatic carbocycles. The first-order valence-electron chi connectivity index (χ1n) is 9.27. The summed E-state index contributed by atoms with van der Waals surface area (Å²) in [6, 6.07) is 14.9. The van der Waals surface area contributed by atoms with Gasteiger partial charge in [-0.3, -0.25) is 9.78 Å². The van der Waals surface area contributed by atoms with Crippen LogP contribution in [0.25, 0.3) is 0 Å². The molecule has 0 saturated heterocycles. The van der Waals surface area contributed by atoms with Crippen LogP contribution in [0.4, 0.5) is 0 Å². The number of hydrogen-bond acceptors (Lipinski definition) is 7. The van der Waals surface area contributed by atoms with E-state index in [4.69, 9.17) is 8.92 Å². The van der Waals surface area contributed by atoms with Crippen molar-refractivity contribution in [2.75, 3.05) is 7.11 Å². The van der Waals surface area contributed by atoms with Crippen molar-refractivity contribution in [3.8, 4) is 11.5 Å². The van der Waals surface area contributed by atoms with Gasteiger partial charge in [0.25, 0.3) is 0 Å². The number of aryl methyl sites for hydroxylation is 1. The van der Waals surface area contributed by atoms with E-state index in [2.05, 4.69) is 15.5 Å². The predicted molar refractivity (Wildman–Crippen MR) is 116 cm³/mol. The van der Waals surface area contributed by atoms with Gasteiger partial charge in [0, 0.05) is 11.8 Å². The van der Waals surface area contributed by atoms with Gasteiger partial charge >= 0.3 is 10.1 Å². The van der Waals surface area contributed by atoms with Crippen molar-refractivity contribution in [3.63, 3.8) is 0 Å². The maximum Gasteiger partial charge on any atom is 0.339 e. The number of pyridine rings is 1. The van der Waals surface area contributed by atoms with Gasteiger partial charge in [0.1, 0.15) is 10.6 Å². The number of carbonyl (C=O) groups excluding carboxylic acids is 1. The average Bonchev–Trinajstić information content (AvgIpc) is 2.74. The number of ether oxygens (including phenoxy) is 1. The van der Waals surface area contributed by atoms with Crippen molar-refractivity contribution >= 4 is 22.2 Å². The molecule has 1 aromatic heterocycles. The van der Waals surface area contributed by atoms with Crippen LogP contribution < -0.4 is 14.3 Å². The van der Waals surface area contributed by atoms with Crippen LogP contribution in [0.2, 0.25) is 0 Å². The van der Waals surface area contributed by atoms with Crippen LogP contribution in [-0.4, -0.2) is 32.6 Å². The number of hydrazone groups is 1. The molecule has 0 radical (unpaired) electrons. The first-order valence-corrected chi connectivity index (χ1v) is 10.7. The molecule has 0 bridgehead atoms. The van der Waals surface area contributed by atoms with E-state index in [1.165, 1.54) is 30.7 Å². The molecule has 0 aliphatic rings. The van der Waals surface area contributed by atoms with Crippen LogP contribution in [0.3, 0.4) is 0 Å². The Morgan fingerprint density at radius 2 is 1.94 bits per heavy atom. The third kappa shape index (κ3) is 6.13. The molecule has 9 heteroatoms. The molecule has 0 spiro atoms. The zero-order valence-electron chi connectivity index (χ0n) is 17.0. The van der Waals surface area contributed by atoms with Crippen LogP contribution in [0.1, 0.15) is 16.7 Å². The topological polar surface area (TPSA) is 107 Å². The standard InChI is InChI=1S/C22H21N3O5S/c1-16-8-9-21(31(27,28)30-20-7-4-10-23-15-20)18(11-16)14-24-25-22(26)13-17-5-3-6-19(12-17)29-2/h3-12,14-15H,13H2,1-2H3,(H,25,26)/b24-14+. The minimum atomic E-state index is -4.13. The Bertz CT molecular complexity index is 1190. The molecular formula is C22H21N3O5S. The second-order valence-electron chi connectivity index (χ2n) is 6.59. The SMILES string of the molecule is COc1cccc(CC(=O)N/N=C/c2cc(C)ccc2S(=O)(=O)Oc2cccnc2)c1. The molecule has 3 rings (SSSR count). The summed E-state index contributed by atoms with van der Waals surface area (Å²) in [7, 11) is -2.57. The minimum absolute atomic E-state index is 0.0762. The summed E-state index contributed by atoms with van der Waals surface area (Å²) >= 11 is 0. The smallest absolute Gasteiger partial charge is 0.339 e. The van der Waals surface area contributed by atoms with Gasteiger partial charge in [-0.1, -0.05) is 23.8 Å². The molecule has 0 unspecified atom stereocenters. The van der Waals surface area contributed by atoms with E-state index in [0.717, 1.165) is 11.1 Å². The van der Waals surface area contributed by atoms with Gasteiger partial charge < -0.3 is 8.92 Å². The van der Waals surface area contributed by atoms with Crippen molar-refractivity contribution in [1.29, 1.82) is 0 Å². The Kier molecular flexibility index (Phi) is 6.99. The number of hydrogen-bond donors (Lipinski definition) is 1. The molecule has 0 saturated carbocycles.